The van der Waals surface area contributed by atoms with Gasteiger partial charge in [-0.3, -0.25) is 19.0 Å². The lowest BCUT2D eigenvalue weighted by atomic mass is 10.2. The third-order valence-electron chi connectivity index (χ3n) is 4.50. The van der Waals surface area contributed by atoms with Gasteiger partial charge in [-0.1, -0.05) is 37.2 Å². The van der Waals surface area contributed by atoms with Gasteiger partial charge in [-0.05, 0) is 24.1 Å². The molecule has 0 aliphatic rings. The van der Waals surface area contributed by atoms with Gasteiger partial charge in [0.2, 0.25) is 0 Å². The highest BCUT2D eigenvalue weighted by Gasteiger charge is 2.19. The molecule has 2 heterocycles. The number of H-pyrrole nitrogens is 1. The van der Waals surface area contributed by atoms with Crippen LogP contribution in [0.1, 0.15) is 25.3 Å². The highest BCUT2D eigenvalue weighted by molar-refractivity contribution is 7.99. The van der Waals surface area contributed by atoms with Crippen LogP contribution in [-0.2, 0) is 11.3 Å². The summed E-state index contributed by atoms with van der Waals surface area (Å²) < 4.78 is 14.5. The molecule has 0 spiro atoms. The van der Waals surface area contributed by atoms with Crippen molar-refractivity contribution in [2.75, 3.05) is 24.2 Å². The Balaban J connectivity index is 2.21. The fourth-order valence-corrected chi connectivity index (χ4v) is 3.87. The molecule has 11 heteroatoms. The summed E-state index contributed by atoms with van der Waals surface area (Å²) in [6, 6.07) is 5.57. The minimum atomic E-state index is -1.07. The van der Waals surface area contributed by atoms with E-state index in [0.717, 1.165) is 18.6 Å². The van der Waals surface area contributed by atoms with Crippen LogP contribution in [0.15, 0.2) is 39.0 Å². The molecule has 3 rings (SSSR count). The first-order valence-electron chi connectivity index (χ1n) is 9.65. The molecule has 2 N–H and O–H groups in total. The van der Waals surface area contributed by atoms with Gasteiger partial charge < -0.3 is 15.0 Å². The van der Waals surface area contributed by atoms with E-state index in [1.807, 2.05) is 0 Å². The van der Waals surface area contributed by atoms with E-state index >= 15 is 0 Å². The second kappa shape index (κ2) is 9.73. The number of rotatable bonds is 9. The zero-order valence-electron chi connectivity index (χ0n) is 17.1. The van der Waals surface area contributed by atoms with Crippen molar-refractivity contribution in [3.8, 4) is 0 Å². The summed E-state index contributed by atoms with van der Waals surface area (Å²) >= 11 is 1.38. The fraction of sp³-hybridized carbons (Fsp3) is 0.350. The molecule has 2 aromatic heterocycles. The maximum atomic E-state index is 13.3. The summed E-state index contributed by atoms with van der Waals surface area (Å²) in [6.45, 7) is 1.70. The largest absolute Gasteiger partial charge is 0.480 e. The highest BCUT2D eigenvalue weighted by atomic mass is 32.2. The normalized spacial score (nSPS) is 11.1. The van der Waals surface area contributed by atoms with E-state index in [9.17, 15) is 23.9 Å². The van der Waals surface area contributed by atoms with Gasteiger partial charge in [-0.15, -0.1) is 0 Å². The minimum Gasteiger partial charge on any atom is -0.480 e. The van der Waals surface area contributed by atoms with Crippen LogP contribution in [0.3, 0.4) is 0 Å². The molecule has 0 unspecified atom stereocenters. The lowest BCUT2D eigenvalue weighted by Crippen LogP contribution is -2.38. The first-order valence-corrected chi connectivity index (χ1v) is 10.6. The summed E-state index contributed by atoms with van der Waals surface area (Å²) in [5.41, 5.74) is -0.749. The number of thioether (sulfide) groups is 1. The lowest BCUT2D eigenvalue weighted by molar-refractivity contribution is -0.135. The Bertz CT molecular complexity index is 1210. The van der Waals surface area contributed by atoms with Gasteiger partial charge in [0.25, 0.3) is 0 Å². The SMILES string of the molecule is CCCCSc1nc(N(C)CC(=O)O)c2[nH]c(=O)c(=O)n(Cc3ccc(F)cc3)c2n1. The van der Waals surface area contributed by atoms with Crippen molar-refractivity contribution < 1.29 is 14.3 Å². The first-order chi connectivity index (χ1) is 14.8. The van der Waals surface area contributed by atoms with E-state index in [1.165, 1.54) is 52.5 Å². The van der Waals surface area contributed by atoms with Gasteiger partial charge in [0, 0.05) is 12.8 Å². The van der Waals surface area contributed by atoms with Crippen molar-refractivity contribution >= 4 is 34.7 Å². The third-order valence-corrected chi connectivity index (χ3v) is 5.43. The Morgan fingerprint density at radius 3 is 2.61 bits per heavy atom. The van der Waals surface area contributed by atoms with Crippen molar-refractivity contribution in [1.29, 1.82) is 0 Å². The predicted molar refractivity (Wildman–Crippen MR) is 116 cm³/mol. The fourth-order valence-electron chi connectivity index (χ4n) is 2.96. The highest BCUT2D eigenvalue weighted by Crippen LogP contribution is 2.25. The maximum absolute atomic E-state index is 13.3. The van der Waals surface area contributed by atoms with Crippen molar-refractivity contribution in [2.45, 2.75) is 31.5 Å². The number of hydrogen-bond donors (Lipinski definition) is 2. The molecule has 3 aromatic rings. The number of unbranched alkanes of at least 4 members (excludes halogenated alkanes) is 1. The number of aliphatic carboxylic acids is 1. The van der Waals surface area contributed by atoms with E-state index < -0.39 is 22.9 Å². The van der Waals surface area contributed by atoms with E-state index in [4.69, 9.17) is 0 Å². The number of aromatic amines is 1. The number of carbonyl (C=O) groups is 1. The van der Waals surface area contributed by atoms with Crippen LogP contribution >= 0.6 is 11.8 Å². The number of likely N-dealkylation sites (N-methyl/N-ethyl adjacent to an activating group) is 1. The minimum absolute atomic E-state index is 0.00228. The van der Waals surface area contributed by atoms with E-state index in [0.29, 0.717) is 10.7 Å². The zero-order chi connectivity index (χ0) is 22.5. The number of carboxylic acids is 1. The average molecular weight is 447 g/mol. The maximum Gasteiger partial charge on any atom is 0.323 e. The first kappa shape index (κ1) is 22.5. The standard InChI is InChI=1S/C20H22FN5O4S/c1-3-4-9-31-20-23-16(25(2)11-14(27)28)15-17(24-20)26(19(30)18(29)22-15)10-12-5-7-13(21)8-6-12/h5-8H,3-4,9-11H2,1-2H3,(H,22,29)(H,27,28). The van der Waals surface area contributed by atoms with Gasteiger partial charge in [0.1, 0.15) is 17.9 Å². The Kier molecular flexibility index (Phi) is 7.06. The van der Waals surface area contributed by atoms with Gasteiger partial charge in [-0.2, -0.15) is 0 Å². The number of anilines is 1. The Morgan fingerprint density at radius 1 is 1.26 bits per heavy atom. The van der Waals surface area contributed by atoms with Crippen LogP contribution in [0.5, 0.6) is 0 Å². The van der Waals surface area contributed by atoms with E-state index in [2.05, 4.69) is 21.9 Å². The topological polar surface area (TPSA) is 121 Å². The molecule has 0 fully saturated rings. The van der Waals surface area contributed by atoms with Crippen molar-refractivity contribution in [2.24, 2.45) is 0 Å². The van der Waals surface area contributed by atoms with Crippen LogP contribution in [0.2, 0.25) is 0 Å². The predicted octanol–water partition coefficient (Wildman–Crippen LogP) is 2.08. The Morgan fingerprint density at radius 2 is 1.97 bits per heavy atom. The number of fused-ring (bicyclic) bond motifs is 1. The molecule has 0 aliphatic carbocycles. The van der Waals surface area contributed by atoms with Crippen molar-refractivity contribution in [3.05, 3.63) is 56.4 Å². The van der Waals surface area contributed by atoms with Crippen molar-refractivity contribution in [3.63, 3.8) is 0 Å². The molecule has 9 nitrogen and oxygen atoms in total. The van der Waals surface area contributed by atoms with E-state index in [-0.39, 0.29) is 30.1 Å². The second-order valence-electron chi connectivity index (χ2n) is 6.95. The molecular formula is C20H22FN5O4S. The molecule has 0 radical (unpaired) electrons. The van der Waals surface area contributed by atoms with Gasteiger partial charge in [0.05, 0.1) is 6.54 Å². The number of hydrogen-bond acceptors (Lipinski definition) is 7. The van der Waals surface area contributed by atoms with Crippen LogP contribution in [0.25, 0.3) is 11.2 Å². The molecule has 1 aromatic carbocycles. The van der Waals surface area contributed by atoms with Crippen LogP contribution in [0, 0.1) is 5.82 Å². The zero-order valence-corrected chi connectivity index (χ0v) is 17.9. The number of halogens is 1. The number of nitrogens with one attached hydrogen (secondary N) is 1. The van der Waals surface area contributed by atoms with Gasteiger partial charge >= 0.3 is 17.1 Å². The number of aromatic nitrogens is 4. The molecule has 31 heavy (non-hydrogen) atoms. The molecule has 0 saturated heterocycles. The quantitative estimate of drug-likeness (QED) is 0.221. The molecular weight excluding hydrogens is 425 g/mol. The number of benzene rings is 1. The molecule has 0 atom stereocenters. The van der Waals surface area contributed by atoms with Crippen LogP contribution in [-0.4, -0.2) is 49.9 Å². The van der Waals surface area contributed by atoms with Crippen LogP contribution < -0.4 is 16.0 Å². The molecule has 0 bridgehead atoms. The molecule has 0 aliphatic heterocycles. The Labute approximate surface area is 181 Å². The van der Waals surface area contributed by atoms with Crippen molar-refractivity contribution in [1.82, 2.24) is 19.5 Å². The Hall–Kier alpha value is -3.21. The summed E-state index contributed by atoms with van der Waals surface area (Å²) in [5, 5.41) is 9.55. The summed E-state index contributed by atoms with van der Waals surface area (Å²) in [4.78, 5) is 49.0. The summed E-state index contributed by atoms with van der Waals surface area (Å²) in [6.07, 6.45) is 1.91. The third kappa shape index (κ3) is 5.29. The summed E-state index contributed by atoms with van der Waals surface area (Å²) in [5.74, 6) is -0.538. The smallest absolute Gasteiger partial charge is 0.323 e. The second-order valence-corrected chi connectivity index (χ2v) is 8.01. The summed E-state index contributed by atoms with van der Waals surface area (Å²) in [7, 11) is 1.53. The van der Waals surface area contributed by atoms with Gasteiger partial charge in [-0.25, -0.2) is 14.4 Å². The monoisotopic (exact) mass is 447 g/mol. The number of nitrogens with zero attached hydrogens (tertiary/aromatic N) is 4. The average Bonchev–Trinajstić information content (AvgIpc) is 2.72. The van der Waals surface area contributed by atoms with Crippen LogP contribution in [0.4, 0.5) is 10.2 Å². The molecule has 0 saturated carbocycles. The van der Waals surface area contributed by atoms with Gasteiger partial charge in [0.15, 0.2) is 16.6 Å². The number of carboxylic acid groups (broad SMARTS) is 1. The van der Waals surface area contributed by atoms with E-state index in [1.54, 1.807) is 0 Å². The lowest BCUT2D eigenvalue weighted by Gasteiger charge is -2.19. The molecule has 0 amide bonds. The molecule has 164 valence electrons.